The summed E-state index contributed by atoms with van der Waals surface area (Å²) in [5, 5.41) is 38.2. The van der Waals surface area contributed by atoms with Gasteiger partial charge in [-0.2, -0.15) is 0 Å². The van der Waals surface area contributed by atoms with Crippen molar-refractivity contribution in [3.05, 3.63) is 25.3 Å². The molecule has 0 aromatic rings. The van der Waals surface area contributed by atoms with E-state index in [4.69, 9.17) is 0 Å². The maximum atomic E-state index is 11.3. The van der Waals surface area contributed by atoms with Crippen molar-refractivity contribution in [1.29, 1.82) is 0 Å². The fourth-order valence-corrected chi connectivity index (χ4v) is 14.7. The second-order valence-electron chi connectivity index (χ2n) is 19.8. The van der Waals surface area contributed by atoms with E-state index in [1.165, 1.54) is 31.3 Å². The highest BCUT2D eigenvalue weighted by atomic mass is 32.2. The van der Waals surface area contributed by atoms with E-state index in [1.807, 2.05) is 0 Å². The normalized spacial score (nSPS) is 32.0. The Balaban J connectivity index is 0.000000420. The van der Waals surface area contributed by atoms with E-state index in [-0.39, 0.29) is 44.9 Å². The van der Waals surface area contributed by atoms with Gasteiger partial charge in [0.1, 0.15) is 67.5 Å². The van der Waals surface area contributed by atoms with Gasteiger partial charge >= 0.3 is 0 Å². The summed E-state index contributed by atoms with van der Waals surface area (Å²) in [6, 6.07) is 0. The van der Waals surface area contributed by atoms with E-state index in [0.29, 0.717) is 154 Å². The molecule has 22 heteroatoms. The molecule has 0 atom stereocenters. The lowest BCUT2D eigenvalue weighted by Gasteiger charge is -2.34. The molecular weight excluding hydrogens is 973 g/mol. The van der Waals surface area contributed by atoms with Crippen molar-refractivity contribution in [3.63, 3.8) is 0 Å². The molecule has 5 rings (SSSR count). The molecular formula is C45H80O17S5. The molecule has 0 aromatic heterocycles. The first-order chi connectivity index (χ1) is 30.5. The summed E-state index contributed by atoms with van der Waals surface area (Å²) in [5.74, 6) is 0.199. The third-order valence-electron chi connectivity index (χ3n) is 13.9. The van der Waals surface area contributed by atoms with Crippen LogP contribution in [0.5, 0.6) is 0 Å². The van der Waals surface area contributed by atoms with E-state index in [1.54, 1.807) is 12.2 Å². The van der Waals surface area contributed by atoms with Crippen LogP contribution < -0.4 is 0 Å². The van der Waals surface area contributed by atoms with E-state index in [2.05, 4.69) is 13.2 Å². The zero-order valence-corrected chi connectivity index (χ0v) is 44.3. The van der Waals surface area contributed by atoms with Gasteiger partial charge in [-0.1, -0.05) is 12.2 Å². The first-order valence-corrected chi connectivity index (χ1v) is 32.7. The Bertz CT molecular complexity index is 1900. The van der Waals surface area contributed by atoms with Crippen LogP contribution in [-0.4, -0.2) is 161 Å². The lowest BCUT2D eigenvalue weighted by Crippen LogP contribution is -2.38. The van der Waals surface area contributed by atoms with Gasteiger partial charge in [-0.05, 0) is 128 Å². The lowest BCUT2D eigenvalue weighted by atomic mass is 9.82. The second kappa shape index (κ2) is 26.5. The zero-order chi connectivity index (χ0) is 51.8. The molecule has 4 N–H and O–H groups in total. The molecule has 0 amide bonds. The van der Waals surface area contributed by atoms with E-state index >= 15 is 0 Å². The smallest absolute Gasteiger partial charge is 0.150 e. The number of hydrogen-bond acceptors (Lipinski definition) is 17. The zero-order valence-electron chi connectivity index (χ0n) is 40.2. The summed E-state index contributed by atoms with van der Waals surface area (Å²) in [6.07, 6.45) is 22.3. The Morgan fingerprint density at radius 3 is 0.746 bits per heavy atom. The number of carbonyl (C=O) groups is 3. The average molecular weight is 1050 g/mol. The molecule has 5 saturated carbocycles. The van der Waals surface area contributed by atoms with E-state index < -0.39 is 71.6 Å². The third kappa shape index (κ3) is 23.7. The molecule has 0 aliphatic heterocycles. The highest BCUT2D eigenvalue weighted by molar-refractivity contribution is 7.92. The summed E-state index contributed by atoms with van der Waals surface area (Å²) >= 11 is 0. The molecule has 0 aromatic carbocycles. The largest absolute Gasteiger partial charge is 0.390 e. The van der Waals surface area contributed by atoms with Gasteiger partial charge in [0, 0.05) is 57.0 Å². The average Bonchev–Trinajstić information content (AvgIpc) is 3.18. The molecule has 0 saturated heterocycles. The molecule has 67 heavy (non-hydrogen) atoms. The van der Waals surface area contributed by atoms with Crippen LogP contribution in [0.2, 0.25) is 0 Å². The number of ketones is 1. The molecule has 5 aliphatic rings. The van der Waals surface area contributed by atoms with Crippen molar-refractivity contribution in [2.45, 2.75) is 203 Å². The summed E-state index contributed by atoms with van der Waals surface area (Å²) < 4.78 is 112. The molecule has 0 radical (unpaired) electrons. The monoisotopic (exact) mass is 1050 g/mol. The summed E-state index contributed by atoms with van der Waals surface area (Å²) in [4.78, 5) is 31.3. The maximum Gasteiger partial charge on any atom is 0.150 e. The number of hydrogen-bond donors (Lipinski definition) is 4. The van der Waals surface area contributed by atoms with E-state index in [0.717, 1.165) is 0 Å². The van der Waals surface area contributed by atoms with Crippen molar-refractivity contribution in [2.24, 2.45) is 0 Å². The Kier molecular flexibility index (Phi) is 25.0. The van der Waals surface area contributed by atoms with Crippen LogP contribution in [0.3, 0.4) is 0 Å². The van der Waals surface area contributed by atoms with Crippen LogP contribution >= 0.6 is 0 Å². The van der Waals surface area contributed by atoms with Crippen LogP contribution in [-0.2, 0) is 63.6 Å². The standard InChI is InChI=1S/2C10H18O3S.2C9H16O4S.C7H12O3S/c2*1-3-6-10(11)7-4-9(5-8-10)14(2,12)13;2*1-14(12,13)8-2-4-9(11,5-3-8)6-7-10;1-11(9,10)7-4-2-6(8)3-5-7/h2*3,9,11H,1,4-8H2,2H3;2*7-8,11H,2-6H2,1H3;7H,2-5H2,1H3. The van der Waals surface area contributed by atoms with Crippen molar-refractivity contribution in [1.82, 2.24) is 0 Å². The van der Waals surface area contributed by atoms with E-state index in [9.17, 15) is 76.9 Å². The fourth-order valence-electron chi connectivity index (χ4n) is 9.23. The van der Waals surface area contributed by atoms with Crippen molar-refractivity contribution in [2.75, 3.05) is 31.3 Å². The first-order valence-electron chi connectivity index (χ1n) is 22.9. The number of rotatable bonds is 13. The van der Waals surface area contributed by atoms with Crippen LogP contribution in [0.1, 0.15) is 154 Å². The second-order valence-corrected chi connectivity index (χ2v) is 31.4. The van der Waals surface area contributed by atoms with Crippen LogP contribution in [0.4, 0.5) is 0 Å². The number of Topliss-reactive ketones (excluding diaryl/α,β-unsaturated/α-hetero) is 1. The summed E-state index contributed by atoms with van der Waals surface area (Å²) in [6.45, 7) is 7.18. The first kappa shape index (κ1) is 63.1. The third-order valence-corrected chi connectivity index (χ3v) is 22.4. The SMILES string of the molecule is C=CCC1(O)CCC(S(C)(=O)=O)CC1.C=CCC1(O)CCC(S(C)(=O)=O)CC1.CS(=O)(=O)C1CCC(=O)CC1.CS(=O)(=O)C1CCC(O)(CC=O)CC1.CS(=O)(=O)C1CCC(O)(CC=O)CC1. The summed E-state index contributed by atoms with van der Waals surface area (Å²) in [7, 11) is -14.7. The predicted octanol–water partition coefficient (Wildman–Crippen LogP) is 3.69. The van der Waals surface area contributed by atoms with Gasteiger partial charge in [-0.3, -0.25) is 4.79 Å². The van der Waals surface area contributed by atoms with Crippen LogP contribution in [0.25, 0.3) is 0 Å². The van der Waals surface area contributed by atoms with Crippen molar-refractivity contribution < 1.29 is 76.9 Å². The molecule has 0 bridgehead atoms. The molecule has 17 nitrogen and oxygen atoms in total. The van der Waals surface area contributed by atoms with Gasteiger partial charge in [-0.15, -0.1) is 13.2 Å². The Morgan fingerprint density at radius 2 is 0.582 bits per heavy atom. The molecule has 5 aliphatic carbocycles. The number of aliphatic hydroxyl groups is 4. The number of sulfone groups is 5. The van der Waals surface area contributed by atoms with Crippen molar-refractivity contribution >= 4 is 67.5 Å². The van der Waals surface area contributed by atoms with Gasteiger partial charge in [0.15, 0.2) is 0 Å². The van der Waals surface area contributed by atoms with Gasteiger partial charge in [0.2, 0.25) is 0 Å². The number of aldehydes is 2. The minimum atomic E-state index is -2.99. The molecule has 0 heterocycles. The molecule has 0 unspecified atom stereocenters. The van der Waals surface area contributed by atoms with Gasteiger partial charge in [-0.25, -0.2) is 42.1 Å². The Hall–Kier alpha value is -1.92. The summed E-state index contributed by atoms with van der Waals surface area (Å²) in [5.41, 5.74) is -3.32. The van der Waals surface area contributed by atoms with Gasteiger partial charge in [0.05, 0.1) is 48.7 Å². The minimum absolute atomic E-state index is 0.115. The topological polar surface area (TPSA) is 303 Å². The Morgan fingerprint density at radius 1 is 0.403 bits per heavy atom. The predicted molar refractivity (Wildman–Crippen MR) is 261 cm³/mol. The lowest BCUT2D eigenvalue weighted by molar-refractivity contribution is -0.120. The number of carbonyl (C=O) groups excluding carboxylic acids is 3. The molecule has 0 spiro atoms. The maximum absolute atomic E-state index is 11.3. The highest BCUT2D eigenvalue weighted by Gasteiger charge is 2.39. The quantitative estimate of drug-likeness (QED) is 0.151. The van der Waals surface area contributed by atoms with Gasteiger partial charge in [0.25, 0.3) is 0 Å². The fraction of sp³-hybridized carbons (Fsp3) is 0.844. The minimum Gasteiger partial charge on any atom is -0.390 e. The molecule has 5 fully saturated rings. The van der Waals surface area contributed by atoms with Gasteiger partial charge < -0.3 is 30.0 Å². The molecule has 392 valence electrons. The van der Waals surface area contributed by atoms with Crippen LogP contribution in [0, 0.1) is 0 Å². The van der Waals surface area contributed by atoms with Crippen molar-refractivity contribution in [3.8, 4) is 0 Å². The Labute approximate surface area is 401 Å². The highest BCUT2D eigenvalue weighted by Crippen LogP contribution is 2.36. The van der Waals surface area contributed by atoms with Crippen LogP contribution in [0.15, 0.2) is 25.3 Å².